The van der Waals surface area contributed by atoms with Gasteiger partial charge < -0.3 is 10.0 Å². The molecule has 0 saturated carbocycles. The zero-order valence-electron chi connectivity index (χ0n) is 17.7. The van der Waals surface area contributed by atoms with Crippen LogP contribution in [0.3, 0.4) is 0 Å². The molecule has 0 aliphatic heterocycles. The summed E-state index contributed by atoms with van der Waals surface area (Å²) in [6.07, 6.45) is 2.38. The van der Waals surface area contributed by atoms with E-state index in [4.69, 9.17) is 6.42 Å². The lowest BCUT2D eigenvalue weighted by Crippen LogP contribution is -2.27. The molecule has 0 radical (unpaired) electrons. The van der Waals surface area contributed by atoms with E-state index in [1.807, 2.05) is 0 Å². The maximum absolute atomic E-state index is 14.5. The van der Waals surface area contributed by atoms with Crippen molar-refractivity contribution in [1.29, 1.82) is 0 Å². The van der Waals surface area contributed by atoms with Crippen molar-refractivity contribution < 1.29 is 22.7 Å². The summed E-state index contributed by atoms with van der Waals surface area (Å²) in [7, 11) is 0. The molecule has 4 rings (SSSR count). The summed E-state index contributed by atoms with van der Waals surface area (Å²) in [5, 5.41) is 18.3. The Hall–Kier alpha value is -3.71. The van der Waals surface area contributed by atoms with E-state index in [9.17, 15) is 22.7 Å². The van der Waals surface area contributed by atoms with Crippen LogP contribution in [-0.4, -0.2) is 43.3 Å². The largest absolute Gasteiger partial charge is 0.378 e. The summed E-state index contributed by atoms with van der Waals surface area (Å²) in [6, 6.07) is 7.52. The van der Waals surface area contributed by atoms with Crippen molar-refractivity contribution >= 4 is 28.2 Å². The van der Waals surface area contributed by atoms with Crippen molar-refractivity contribution in [2.75, 3.05) is 11.4 Å². The Kier molecular flexibility index (Phi) is 5.68. The molecular formula is C23H19F4N5O. The Morgan fingerprint density at radius 3 is 2.61 bits per heavy atom. The highest BCUT2D eigenvalue weighted by Crippen LogP contribution is 2.34. The van der Waals surface area contributed by atoms with Crippen LogP contribution in [0.15, 0.2) is 36.4 Å². The number of nitrogens with zero attached hydrogens (tertiary/aromatic N) is 5. The van der Waals surface area contributed by atoms with Crippen LogP contribution in [0.5, 0.6) is 0 Å². The average Bonchev–Trinajstić information content (AvgIpc) is 3.11. The van der Waals surface area contributed by atoms with Crippen LogP contribution in [0, 0.1) is 30.9 Å². The predicted octanol–water partition coefficient (Wildman–Crippen LogP) is 4.19. The van der Waals surface area contributed by atoms with Crippen molar-refractivity contribution in [2.24, 2.45) is 0 Å². The van der Waals surface area contributed by atoms with E-state index >= 15 is 0 Å². The smallest absolute Gasteiger partial charge is 0.257 e. The molecule has 0 amide bonds. The van der Waals surface area contributed by atoms with Gasteiger partial charge in [-0.3, -0.25) is 4.40 Å². The van der Waals surface area contributed by atoms with Gasteiger partial charge in [0.15, 0.2) is 0 Å². The van der Waals surface area contributed by atoms with E-state index in [2.05, 4.69) is 21.1 Å². The minimum atomic E-state index is -2.83. The summed E-state index contributed by atoms with van der Waals surface area (Å²) in [5.74, 6) is 1.44. The van der Waals surface area contributed by atoms with Gasteiger partial charge in [-0.05, 0) is 55.8 Å². The number of halogens is 4. The fraction of sp³-hybridized carbons (Fsp3) is 0.261. The van der Waals surface area contributed by atoms with Crippen molar-refractivity contribution in [3.8, 4) is 12.3 Å². The number of benzene rings is 2. The second kappa shape index (κ2) is 8.33. The molecule has 0 saturated heterocycles. The van der Waals surface area contributed by atoms with Crippen LogP contribution >= 0.6 is 0 Å². The maximum atomic E-state index is 14.5. The summed E-state index contributed by atoms with van der Waals surface area (Å²) in [5.41, 5.74) is -0.783. The van der Waals surface area contributed by atoms with Gasteiger partial charge in [0.25, 0.3) is 12.2 Å². The van der Waals surface area contributed by atoms with Crippen LogP contribution in [0.4, 0.5) is 29.1 Å². The molecule has 1 N–H and O–H groups in total. The fourth-order valence-electron chi connectivity index (χ4n) is 3.74. The average molecular weight is 457 g/mol. The lowest BCUT2D eigenvalue weighted by atomic mass is 9.97. The number of aromatic nitrogens is 4. The van der Waals surface area contributed by atoms with Gasteiger partial charge in [0.1, 0.15) is 28.9 Å². The molecule has 1 atom stereocenters. The normalized spacial score (nSPS) is 13.4. The Labute approximate surface area is 186 Å². The number of aryl methyl sites for hydroxylation is 1. The summed E-state index contributed by atoms with van der Waals surface area (Å²) < 4.78 is 57.5. The second-order valence-corrected chi connectivity index (χ2v) is 7.89. The standard InChI is InChI=1S/C23H19F4N5O/c1-4-23(3,33)11-14-7-16(25)9-17(8-14)31(12-20(26)27)21-18-10-15(24)5-6-19(18)32-13(2)29-30-22(32)28-21/h1,5-10,20,33H,11-12H2,2-3H3. The van der Waals surface area contributed by atoms with Crippen LogP contribution in [0.25, 0.3) is 16.7 Å². The first-order valence-electron chi connectivity index (χ1n) is 9.94. The van der Waals surface area contributed by atoms with Gasteiger partial charge in [0.05, 0.1) is 12.1 Å². The monoisotopic (exact) mass is 457 g/mol. The number of aliphatic hydroxyl groups is 1. The fourth-order valence-corrected chi connectivity index (χ4v) is 3.74. The van der Waals surface area contributed by atoms with Crippen LogP contribution in [-0.2, 0) is 6.42 Å². The maximum Gasteiger partial charge on any atom is 0.257 e. The molecular weight excluding hydrogens is 438 g/mol. The van der Waals surface area contributed by atoms with Crippen LogP contribution in [0.2, 0.25) is 0 Å². The first kappa shape index (κ1) is 22.5. The number of fused-ring (bicyclic) bond motifs is 3. The van der Waals surface area contributed by atoms with Crippen LogP contribution < -0.4 is 4.90 Å². The van der Waals surface area contributed by atoms with Gasteiger partial charge in [-0.2, -0.15) is 4.98 Å². The van der Waals surface area contributed by atoms with Gasteiger partial charge in [-0.25, -0.2) is 17.6 Å². The third kappa shape index (κ3) is 4.45. The zero-order valence-corrected chi connectivity index (χ0v) is 17.7. The molecule has 0 fully saturated rings. The van der Waals surface area contributed by atoms with Gasteiger partial charge in [0, 0.05) is 17.5 Å². The topological polar surface area (TPSA) is 66.5 Å². The highest BCUT2D eigenvalue weighted by atomic mass is 19.3. The van der Waals surface area contributed by atoms with E-state index in [0.717, 1.165) is 17.0 Å². The van der Waals surface area contributed by atoms with E-state index in [-0.39, 0.29) is 29.1 Å². The van der Waals surface area contributed by atoms with E-state index in [1.165, 1.54) is 31.2 Å². The van der Waals surface area contributed by atoms with Crippen LogP contribution in [0.1, 0.15) is 18.3 Å². The molecule has 10 heteroatoms. The Balaban J connectivity index is 1.96. The molecule has 1 unspecified atom stereocenters. The summed E-state index contributed by atoms with van der Waals surface area (Å²) in [6.45, 7) is 2.21. The predicted molar refractivity (Wildman–Crippen MR) is 116 cm³/mol. The lowest BCUT2D eigenvalue weighted by Gasteiger charge is -2.26. The third-order valence-electron chi connectivity index (χ3n) is 5.14. The van der Waals surface area contributed by atoms with E-state index in [0.29, 0.717) is 16.9 Å². The summed E-state index contributed by atoms with van der Waals surface area (Å²) in [4.78, 5) is 5.45. The molecule has 6 nitrogen and oxygen atoms in total. The first-order valence-corrected chi connectivity index (χ1v) is 9.94. The molecule has 0 bridgehead atoms. The number of anilines is 2. The number of hydrogen-bond donors (Lipinski definition) is 1. The van der Waals surface area contributed by atoms with Gasteiger partial charge in [-0.1, -0.05) is 5.92 Å². The Morgan fingerprint density at radius 2 is 1.91 bits per heavy atom. The Morgan fingerprint density at radius 1 is 1.15 bits per heavy atom. The molecule has 4 aromatic rings. The molecule has 2 aromatic carbocycles. The summed E-state index contributed by atoms with van der Waals surface area (Å²) >= 11 is 0. The molecule has 2 heterocycles. The lowest BCUT2D eigenvalue weighted by molar-refractivity contribution is 0.123. The van der Waals surface area contributed by atoms with Crippen molar-refractivity contribution in [3.05, 3.63) is 59.4 Å². The first-order chi connectivity index (χ1) is 15.6. The molecule has 0 aliphatic carbocycles. The van der Waals surface area contributed by atoms with Gasteiger partial charge in [-0.15, -0.1) is 16.6 Å². The SMILES string of the molecule is C#CC(C)(O)Cc1cc(F)cc(N(CC(F)F)c2nc3nnc(C)n3c3ccc(F)cc23)c1. The number of rotatable bonds is 6. The zero-order chi connectivity index (χ0) is 23.9. The number of hydrogen-bond acceptors (Lipinski definition) is 5. The Bertz CT molecular complexity index is 1390. The van der Waals surface area contributed by atoms with Gasteiger partial charge >= 0.3 is 0 Å². The minimum absolute atomic E-state index is 0.0371. The van der Waals surface area contributed by atoms with Crippen molar-refractivity contribution in [2.45, 2.75) is 32.3 Å². The van der Waals surface area contributed by atoms with Crippen molar-refractivity contribution in [3.63, 3.8) is 0 Å². The molecule has 0 spiro atoms. The molecule has 170 valence electrons. The van der Waals surface area contributed by atoms with E-state index in [1.54, 1.807) is 11.3 Å². The molecule has 2 aromatic heterocycles. The third-order valence-corrected chi connectivity index (χ3v) is 5.14. The number of alkyl halides is 2. The minimum Gasteiger partial charge on any atom is -0.378 e. The second-order valence-electron chi connectivity index (χ2n) is 7.89. The molecule has 0 aliphatic rings. The van der Waals surface area contributed by atoms with E-state index < -0.39 is 30.2 Å². The highest BCUT2D eigenvalue weighted by molar-refractivity contribution is 5.93. The highest BCUT2D eigenvalue weighted by Gasteiger charge is 2.24. The van der Waals surface area contributed by atoms with Gasteiger partial charge in [0.2, 0.25) is 0 Å². The van der Waals surface area contributed by atoms with Crippen molar-refractivity contribution in [1.82, 2.24) is 19.6 Å². The molecule has 33 heavy (non-hydrogen) atoms. The quantitative estimate of drug-likeness (QED) is 0.347. The number of terminal acetylenes is 1.